The van der Waals surface area contributed by atoms with E-state index in [0.29, 0.717) is 39.0 Å². The van der Waals surface area contributed by atoms with Crippen LogP contribution in [-0.4, -0.2) is 64.3 Å². The van der Waals surface area contributed by atoms with Gasteiger partial charge in [0.05, 0.1) is 5.60 Å². The first kappa shape index (κ1) is 18.5. The number of carbonyl (C=O) groups excluding carboxylic acids is 2. The second kappa shape index (κ2) is 6.78. The maximum absolute atomic E-state index is 12.7. The average molecular weight is 352 g/mol. The monoisotopic (exact) mass is 352 g/mol. The lowest BCUT2D eigenvalue weighted by molar-refractivity contribution is -0.149. The number of carbonyl (C=O) groups is 2. The Hall–Kier alpha value is -1.30. The molecule has 0 unspecified atom stereocenters. The summed E-state index contributed by atoms with van der Waals surface area (Å²) >= 11 is 0. The molecule has 1 saturated carbocycles. The molecule has 2 amide bonds. The van der Waals surface area contributed by atoms with Gasteiger partial charge in [-0.2, -0.15) is 0 Å². The fourth-order valence-corrected chi connectivity index (χ4v) is 4.43. The summed E-state index contributed by atoms with van der Waals surface area (Å²) in [6.45, 7) is 7.72. The number of amides is 2. The van der Waals surface area contributed by atoms with Crippen molar-refractivity contribution in [2.75, 3.05) is 26.2 Å². The molecule has 0 aromatic rings. The highest BCUT2D eigenvalue weighted by atomic mass is 16.6. The van der Waals surface area contributed by atoms with E-state index in [1.165, 1.54) is 0 Å². The number of likely N-dealkylation sites (tertiary alicyclic amines) is 2. The number of nitrogens with zero attached hydrogens (tertiary/aromatic N) is 2. The lowest BCUT2D eigenvalue weighted by Gasteiger charge is -2.50. The van der Waals surface area contributed by atoms with E-state index in [2.05, 4.69) is 0 Å². The van der Waals surface area contributed by atoms with Crippen LogP contribution in [0.5, 0.6) is 0 Å². The fourth-order valence-electron chi connectivity index (χ4n) is 4.43. The molecule has 2 aliphatic heterocycles. The maximum atomic E-state index is 12.7. The molecule has 3 aliphatic rings. The SMILES string of the molecule is CC(C)(C)OC(=O)N1CC[C@@]2(O)CCN(C(=O)C3CCCC3)C[C@H]2C1. The van der Waals surface area contributed by atoms with Crippen LogP contribution in [0, 0.1) is 11.8 Å². The highest BCUT2D eigenvalue weighted by Crippen LogP contribution is 2.37. The average Bonchev–Trinajstić information content (AvgIpc) is 3.05. The first-order valence-corrected chi connectivity index (χ1v) is 9.67. The summed E-state index contributed by atoms with van der Waals surface area (Å²) in [5, 5.41) is 11.0. The Morgan fingerprint density at radius 2 is 1.60 bits per heavy atom. The Morgan fingerprint density at radius 1 is 1.04 bits per heavy atom. The van der Waals surface area contributed by atoms with Gasteiger partial charge in [0, 0.05) is 38.0 Å². The summed E-state index contributed by atoms with van der Waals surface area (Å²) in [4.78, 5) is 28.7. The number of aliphatic hydroxyl groups is 1. The zero-order valence-corrected chi connectivity index (χ0v) is 15.8. The van der Waals surface area contributed by atoms with Gasteiger partial charge in [0.2, 0.25) is 5.91 Å². The van der Waals surface area contributed by atoms with E-state index < -0.39 is 11.2 Å². The van der Waals surface area contributed by atoms with E-state index in [1.807, 2.05) is 25.7 Å². The lowest BCUT2D eigenvalue weighted by Crippen LogP contribution is -2.62. The van der Waals surface area contributed by atoms with Crippen molar-refractivity contribution in [3.05, 3.63) is 0 Å². The first-order valence-electron chi connectivity index (χ1n) is 9.67. The Kier molecular flexibility index (Phi) is 5.02. The van der Waals surface area contributed by atoms with Crippen LogP contribution >= 0.6 is 0 Å². The summed E-state index contributed by atoms with van der Waals surface area (Å²) in [7, 11) is 0. The van der Waals surface area contributed by atoms with E-state index in [1.54, 1.807) is 4.90 Å². The predicted molar refractivity (Wildman–Crippen MR) is 94.0 cm³/mol. The minimum atomic E-state index is -0.759. The molecule has 0 aromatic heterocycles. The molecule has 3 fully saturated rings. The van der Waals surface area contributed by atoms with Crippen LogP contribution in [0.2, 0.25) is 0 Å². The van der Waals surface area contributed by atoms with Crippen molar-refractivity contribution in [1.29, 1.82) is 0 Å². The van der Waals surface area contributed by atoms with Gasteiger partial charge in [-0.1, -0.05) is 12.8 Å². The summed E-state index contributed by atoms with van der Waals surface area (Å²) in [6, 6.07) is 0. The van der Waals surface area contributed by atoms with Crippen LogP contribution in [0.3, 0.4) is 0 Å². The van der Waals surface area contributed by atoms with Crippen LogP contribution in [0.25, 0.3) is 0 Å². The number of hydrogen-bond donors (Lipinski definition) is 1. The standard InChI is InChI=1S/C19H32N2O4/c1-18(2,3)25-17(23)21-11-9-19(24)8-10-20(12-15(19)13-21)16(22)14-6-4-5-7-14/h14-15,24H,4-13H2,1-3H3/t15-,19-/m0/s1. The van der Waals surface area contributed by atoms with E-state index in [0.717, 1.165) is 25.7 Å². The smallest absolute Gasteiger partial charge is 0.410 e. The van der Waals surface area contributed by atoms with Crippen molar-refractivity contribution in [2.45, 2.75) is 70.5 Å². The second-order valence-corrected chi connectivity index (χ2v) is 8.99. The Balaban J connectivity index is 1.63. The van der Waals surface area contributed by atoms with E-state index >= 15 is 0 Å². The predicted octanol–water partition coefficient (Wildman–Crippen LogP) is 2.40. The highest BCUT2D eigenvalue weighted by molar-refractivity contribution is 5.79. The molecular formula is C19H32N2O4. The van der Waals surface area contributed by atoms with Crippen molar-refractivity contribution in [3.63, 3.8) is 0 Å². The van der Waals surface area contributed by atoms with Gasteiger partial charge in [-0.05, 0) is 46.5 Å². The molecule has 0 radical (unpaired) electrons. The van der Waals surface area contributed by atoms with Gasteiger partial charge in [0.25, 0.3) is 0 Å². The topological polar surface area (TPSA) is 70.1 Å². The fraction of sp³-hybridized carbons (Fsp3) is 0.895. The van der Waals surface area contributed by atoms with Crippen molar-refractivity contribution in [1.82, 2.24) is 9.80 Å². The van der Waals surface area contributed by atoms with E-state index in [9.17, 15) is 14.7 Å². The third-order valence-electron chi connectivity index (χ3n) is 5.94. The van der Waals surface area contributed by atoms with Crippen LogP contribution in [0.1, 0.15) is 59.3 Å². The highest BCUT2D eigenvalue weighted by Gasteiger charge is 2.47. The number of fused-ring (bicyclic) bond motifs is 1. The van der Waals surface area contributed by atoms with Crippen molar-refractivity contribution < 1.29 is 19.4 Å². The van der Waals surface area contributed by atoms with Gasteiger partial charge in [0.1, 0.15) is 5.60 Å². The van der Waals surface area contributed by atoms with Gasteiger partial charge in [-0.25, -0.2) is 4.79 Å². The van der Waals surface area contributed by atoms with Crippen LogP contribution in [0.15, 0.2) is 0 Å². The molecule has 1 aliphatic carbocycles. The van der Waals surface area contributed by atoms with Crippen LogP contribution in [-0.2, 0) is 9.53 Å². The van der Waals surface area contributed by atoms with Gasteiger partial charge < -0.3 is 19.6 Å². The normalized spacial score (nSPS) is 31.0. The molecule has 6 heteroatoms. The molecule has 0 spiro atoms. The maximum Gasteiger partial charge on any atom is 0.410 e. The second-order valence-electron chi connectivity index (χ2n) is 8.99. The molecule has 0 bridgehead atoms. The van der Waals surface area contributed by atoms with Gasteiger partial charge in [-0.3, -0.25) is 4.79 Å². The molecule has 2 heterocycles. The molecule has 2 saturated heterocycles. The lowest BCUT2D eigenvalue weighted by atomic mass is 9.75. The Bertz CT molecular complexity index is 524. The number of hydrogen-bond acceptors (Lipinski definition) is 4. The molecule has 0 aromatic carbocycles. The minimum Gasteiger partial charge on any atom is -0.444 e. The summed E-state index contributed by atoms with van der Waals surface area (Å²) in [6.07, 6.45) is 5.12. The zero-order chi connectivity index (χ0) is 18.2. The minimum absolute atomic E-state index is 0.0899. The van der Waals surface area contributed by atoms with Gasteiger partial charge in [0.15, 0.2) is 0 Å². The zero-order valence-electron chi connectivity index (χ0n) is 15.8. The third kappa shape index (κ3) is 4.10. The molecule has 1 N–H and O–H groups in total. The first-order chi connectivity index (χ1) is 11.7. The molecule has 142 valence electrons. The van der Waals surface area contributed by atoms with Gasteiger partial charge in [-0.15, -0.1) is 0 Å². The molecule has 3 rings (SSSR count). The van der Waals surface area contributed by atoms with Crippen molar-refractivity contribution >= 4 is 12.0 Å². The molecular weight excluding hydrogens is 320 g/mol. The van der Waals surface area contributed by atoms with Crippen molar-refractivity contribution in [3.8, 4) is 0 Å². The molecule has 2 atom stereocenters. The third-order valence-corrected chi connectivity index (χ3v) is 5.94. The van der Waals surface area contributed by atoms with Crippen molar-refractivity contribution in [2.24, 2.45) is 11.8 Å². The summed E-state index contributed by atoms with van der Waals surface area (Å²) in [5.41, 5.74) is -1.28. The van der Waals surface area contributed by atoms with Crippen LogP contribution < -0.4 is 0 Å². The molecule has 6 nitrogen and oxygen atoms in total. The van der Waals surface area contributed by atoms with E-state index in [-0.39, 0.29) is 23.8 Å². The number of rotatable bonds is 1. The van der Waals surface area contributed by atoms with Crippen LogP contribution in [0.4, 0.5) is 4.79 Å². The van der Waals surface area contributed by atoms with E-state index in [4.69, 9.17) is 4.74 Å². The summed E-state index contributed by atoms with van der Waals surface area (Å²) < 4.78 is 5.47. The summed E-state index contributed by atoms with van der Waals surface area (Å²) in [5.74, 6) is 0.318. The number of piperidine rings is 2. The quantitative estimate of drug-likeness (QED) is 0.787. The molecule has 25 heavy (non-hydrogen) atoms. The number of ether oxygens (including phenoxy) is 1. The Labute approximate surface area is 150 Å². The largest absolute Gasteiger partial charge is 0.444 e. The Morgan fingerprint density at radius 3 is 2.20 bits per heavy atom. The van der Waals surface area contributed by atoms with Gasteiger partial charge >= 0.3 is 6.09 Å².